The Kier molecular flexibility index (Phi) is 3.36. The van der Waals surface area contributed by atoms with Gasteiger partial charge in [0.05, 0.1) is 0 Å². The highest BCUT2D eigenvalue weighted by atomic mass is 16.1. The fraction of sp³-hybridized carbons (Fsp3) is 0.643. The van der Waals surface area contributed by atoms with E-state index in [1.807, 2.05) is 12.3 Å². The van der Waals surface area contributed by atoms with Crippen molar-refractivity contribution >= 4 is 11.7 Å². The van der Waals surface area contributed by atoms with Crippen LogP contribution in [0.1, 0.15) is 43.8 Å². The summed E-state index contributed by atoms with van der Waals surface area (Å²) in [5.41, 5.74) is 5.26. The first kappa shape index (κ1) is 12.4. The summed E-state index contributed by atoms with van der Waals surface area (Å²) in [5, 5.41) is 0. The van der Waals surface area contributed by atoms with E-state index in [-0.39, 0.29) is 5.91 Å². The number of piperidine rings is 1. The summed E-state index contributed by atoms with van der Waals surface area (Å²) >= 11 is 0. The number of carbonyl (C=O) groups excluding carboxylic acids is 1. The summed E-state index contributed by atoms with van der Waals surface area (Å²) in [6.07, 6.45) is 6.88. The van der Waals surface area contributed by atoms with Gasteiger partial charge in [-0.25, -0.2) is 9.97 Å². The molecule has 1 aliphatic carbocycles. The van der Waals surface area contributed by atoms with Gasteiger partial charge in [0.15, 0.2) is 0 Å². The molecule has 5 nitrogen and oxygen atoms in total. The van der Waals surface area contributed by atoms with E-state index >= 15 is 0 Å². The lowest BCUT2D eigenvalue weighted by Crippen LogP contribution is -2.35. The Labute approximate surface area is 113 Å². The van der Waals surface area contributed by atoms with Gasteiger partial charge in [-0.3, -0.25) is 4.79 Å². The van der Waals surface area contributed by atoms with Gasteiger partial charge in [-0.1, -0.05) is 0 Å². The number of amides is 1. The molecule has 0 atom stereocenters. The molecular weight excluding hydrogens is 240 g/mol. The van der Waals surface area contributed by atoms with Crippen LogP contribution in [0.3, 0.4) is 0 Å². The molecule has 0 radical (unpaired) electrons. The number of nitrogens with zero attached hydrogens (tertiary/aromatic N) is 3. The second kappa shape index (κ2) is 5.15. The second-order valence-electron chi connectivity index (χ2n) is 5.65. The number of rotatable bonds is 4. The maximum Gasteiger partial charge on any atom is 0.217 e. The molecule has 1 amide bonds. The number of anilines is 1. The van der Waals surface area contributed by atoms with E-state index in [9.17, 15) is 4.79 Å². The van der Waals surface area contributed by atoms with Crippen molar-refractivity contribution < 1.29 is 4.79 Å². The largest absolute Gasteiger partial charge is 0.370 e. The minimum absolute atomic E-state index is 0.184. The summed E-state index contributed by atoms with van der Waals surface area (Å²) in [6, 6.07) is 1.99. The lowest BCUT2D eigenvalue weighted by molar-refractivity contribution is -0.119. The van der Waals surface area contributed by atoms with Crippen LogP contribution in [0.15, 0.2) is 12.3 Å². The van der Waals surface area contributed by atoms with Crippen LogP contribution in [0.5, 0.6) is 0 Å². The fourth-order valence-corrected chi connectivity index (χ4v) is 2.73. The van der Waals surface area contributed by atoms with Gasteiger partial charge in [0.25, 0.3) is 0 Å². The van der Waals surface area contributed by atoms with Crippen LogP contribution in [-0.2, 0) is 4.79 Å². The van der Waals surface area contributed by atoms with Crippen molar-refractivity contribution in [2.45, 2.75) is 38.0 Å². The van der Waals surface area contributed by atoms with Gasteiger partial charge >= 0.3 is 0 Å². The van der Waals surface area contributed by atoms with E-state index < -0.39 is 0 Å². The molecule has 1 saturated heterocycles. The number of primary amides is 1. The van der Waals surface area contributed by atoms with Crippen LogP contribution in [-0.4, -0.2) is 29.0 Å². The molecule has 19 heavy (non-hydrogen) atoms. The highest BCUT2D eigenvalue weighted by molar-refractivity contribution is 5.74. The van der Waals surface area contributed by atoms with Gasteiger partial charge in [0.2, 0.25) is 5.91 Å². The normalized spacial score (nSPS) is 20.5. The summed E-state index contributed by atoms with van der Waals surface area (Å²) < 4.78 is 0. The van der Waals surface area contributed by atoms with Gasteiger partial charge in [-0.15, -0.1) is 0 Å². The molecule has 2 aliphatic rings. The molecule has 1 aromatic heterocycles. The minimum atomic E-state index is -0.184. The van der Waals surface area contributed by atoms with Gasteiger partial charge in [-0.2, -0.15) is 0 Å². The highest BCUT2D eigenvalue weighted by Gasteiger charge is 2.27. The SMILES string of the molecule is NC(=O)CC1CCN(c2ccnc(C3CC3)n2)CC1. The molecule has 2 N–H and O–H groups in total. The van der Waals surface area contributed by atoms with Crippen LogP contribution in [0.4, 0.5) is 5.82 Å². The summed E-state index contributed by atoms with van der Waals surface area (Å²) in [6.45, 7) is 1.91. The first-order valence-electron chi connectivity index (χ1n) is 7.08. The zero-order valence-electron chi connectivity index (χ0n) is 11.1. The van der Waals surface area contributed by atoms with Gasteiger partial charge in [-0.05, 0) is 37.7 Å². The third kappa shape index (κ3) is 3.03. The second-order valence-corrected chi connectivity index (χ2v) is 5.65. The molecule has 1 aliphatic heterocycles. The van der Waals surface area contributed by atoms with Crippen molar-refractivity contribution in [3.63, 3.8) is 0 Å². The molecule has 1 aromatic rings. The van der Waals surface area contributed by atoms with Crippen molar-refractivity contribution in [2.75, 3.05) is 18.0 Å². The lowest BCUT2D eigenvalue weighted by atomic mass is 9.93. The number of aromatic nitrogens is 2. The van der Waals surface area contributed by atoms with Crippen molar-refractivity contribution in [3.05, 3.63) is 18.1 Å². The highest BCUT2D eigenvalue weighted by Crippen LogP contribution is 2.38. The third-order valence-corrected chi connectivity index (χ3v) is 4.03. The molecule has 0 spiro atoms. The smallest absolute Gasteiger partial charge is 0.217 e. The molecule has 2 fully saturated rings. The number of hydrogen-bond donors (Lipinski definition) is 1. The van der Waals surface area contributed by atoms with E-state index in [1.54, 1.807) is 0 Å². The van der Waals surface area contributed by atoms with E-state index in [0.717, 1.165) is 37.6 Å². The first-order chi connectivity index (χ1) is 9.22. The van der Waals surface area contributed by atoms with Crippen molar-refractivity contribution in [1.29, 1.82) is 0 Å². The topological polar surface area (TPSA) is 72.1 Å². The molecule has 5 heteroatoms. The standard InChI is InChI=1S/C14H20N4O/c15-12(19)9-10-4-7-18(8-5-10)13-3-6-16-14(17-13)11-1-2-11/h3,6,10-11H,1-2,4-5,7-9H2,(H2,15,19). The molecule has 0 aromatic carbocycles. The minimum Gasteiger partial charge on any atom is -0.370 e. The number of carbonyl (C=O) groups is 1. The van der Waals surface area contributed by atoms with Crippen LogP contribution in [0, 0.1) is 5.92 Å². The Morgan fingerprint density at radius 1 is 1.32 bits per heavy atom. The van der Waals surface area contributed by atoms with Crippen molar-refractivity contribution in [2.24, 2.45) is 11.7 Å². The fourth-order valence-electron chi connectivity index (χ4n) is 2.73. The van der Waals surface area contributed by atoms with Crippen molar-refractivity contribution in [1.82, 2.24) is 9.97 Å². The van der Waals surface area contributed by atoms with Gasteiger partial charge < -0.3 is 10.6 Å². The third-order valence-electron chi connectivity index (χ3n) is 4.03. The predicted octanol–water partition coefficient (Wildman–Crippen LogP) is 1.45. The lowest BCUT2D eigenvalue weighted by Gasteiger charge is -2.32. The summed E-state index contributed by atoms with van der Waals surface area (Å²) in [4.78, 5) is 22.2. The molecule has 0 unspecified atom stereocenters. The maximum atomic E-state index is 10.9. The summed E-state index contributed by atoms with van der Waals surface area (Å²) in [5.74, 6) is 2.88. The molecular formula is C14H20N4O. The average Bonchev–Trinajstić information content (AvgIpc) is 3.23. The van der Waals surface area contributed by atoms with Crippen LogP contribution >= 0.6 is 0 Å². The zero-order valence-corrected chi connectivity index (χ0v) is 11.1. The Morgan fingerprint density at radius 2 is 2.05 bits per heavy atom. The van der Waals surface area contributed by atoms with E-state index in [0.29, 0.717) is 18.3 Å². The molecule has 1 saturated carbocycles. The quantitative estimate of drug-likeness (QED) is 0.889. The van der Waals surface area contributed by atoms with E-state index in [4.69, 9.17) is 5.73 Å². The Hall–Kier alpha value is -1.65. The van der Waals surface area contributed by atoms with Crippen LogP contribution in [0.25, 0.3) is 0 Å². The molecule has 3 rings (SSSR count). The van der Waals surface area contributed by atoms with Gasteiger partial charge in [0.1, 0.15) is 11.6 Å². The number of hydrogen-bond acceptors (Lipinski definition) is 4. The van der Waals surface area contributed by atoms with Crippen LogP contribution < -0.4 is 10.6 Å². The predicted molar refractivity (Wildman–Crippen MR) is 72.8 cm³/mol. The molecule has 2 heterocycles. The molecule has 0 bridgehead atoms. The summed E-state index contributed by atoms with van der Waals surface area (Å²) in [7, 11) is 0. The van der Waals surface area contributed by atoms with E-state index in [1.165, 1.54) is 12.8 Å². The Morgan fingerprint density at radius 3 is 2.68 bits per heavy atom. The van der Waals surface area contributed by atoms with E-state index in [2.05, 4.69) is 14.9 Å². The Bertz CT molecular complexity index is 464. The monoisotopic (exact) mass is 260 g/mol. The number of nitrogens with two attached hydrogens (primary N) is 1. The van der Waals surface area contributed by atoms with Crippen molar-refractivity contribution in [3.8, 4) is 0 Å². The van der Waals surface area contributed by atoms with Gasteiger partial charge in [0, 0.05) is 31.6 Å². The maximum absolute atomic E-state index is 10.9. The zero-order chi connectivity index (χ0) is 13.2. The first-order valence-corrected chi connectivity index (χ1v) is 7.08. The molecule has 102 valence electrons. The van der Waals surface area contributed by atoms with Crippen LogP contribution in [0.2, 0.25) is 0 Å². The average molecular weight is 260 g/mol. The Balaban J connectivity index is 1.61.